The zero-order valence-electron chi connectivity index (χ0n) is 9.71. The third-order valence-corrected chi connectivity index (χ3v) is 3.00. The van der Waals surface area contributed by atoms with Gasteiger partial charge in [0.25, 0.3) is 0 Å². The van der Waals surface area contributed by atoms with Gasteiger partial charge in [0.05, 0.1) is 6.10 Å². The van der Waals surface area contributed by atoms with Gasteiger partial charge < -0.3 is 14.9 Å². The Kier molecular flexibility index (Phi) is 4.86. The van der Waals surface area contributed by atoms with E-state index >= 15 is 0 Å². The predicted octanol–water partition coefficient (Wildman–Crippen LogP) is 1.70. The van der Waals surface area contributed by atoms with E-state index in [4.69, 9.17) is 0 Å². The van der Waals surface area contributed by atoms with Gasteiger partial charge >= 0.3 is 0 Å². The van der Waals surface area contributed by atoms with Crippen LogP contribution in [0.4, 0.5) is 0 Å². The van der Waals surface area contributed by atoms with E-state index in [2.05, 4.69) is 35.9 Å². The summed E-state index contributed by atoms with van der Waals surface area (Å²) >= 11 is 3.38. The number of aliphatic hydroxyl groups excluding tert-OH is 1. The molecule has 1 aromatic heterocycles. The van der Waals surface area contributed by atoms with E-state index in [0.717, 1.165) is 10.0 Å². The van der Waals surface area contributed by atoms with Crippen LogP contribution in [-0.4, -0.2) is 28.3 Å². The molecule has 6 heteroatoms. The van der Waals surface area contributed by atoms with Crippen LogP contribution in [0.15, 0.2) is 39.7 Å². The zero-order chi connectivity index (χ0) is 12.8. The van der Waals surface area contributed by atoms with Gasteiger partial charge in [0, 0.05) is 24.0 Å². The second-order valence-corrected chi connectivity index (χ2v) is 4.79. The van der Waals surface area contributed by atoms with Crippen LogP contribution >= 0.6 is 15.9 Å². The van der Waals surface area contributed by atoms with E-state index in [-0.39, 0.29) is 0 Å². The average Bonchev–Trinajstić information content (AvgIpc) is 2.87. The summed E-state index contributed by atoms with van der Waals surface area (Å²) in [5.74, 6) is 0.666. The Bertz CT molecular complexity index is 476. The zero-order valence-corrected chi connectivity index (χ0v) is 11.3. The fourth-order valence-corrected chi connectivity index (χ4v) is 1.99. The maximum atomic E-state index is 9.97. The van der Waals surface area contributed by atoms with Crippen LogP contribution in [0.3, 0.4) is 0 Å². The Balaban J connectivity index is 1.73. The Morgan fingerprint density at radius 1 is 1.44 bits per heavy atom. The van der Waals surface area contributed by atoms with E-state index in [1.807, 2.05) is 24.3 Å². The van der Waals surface area contributed by atoms with E-state index in [0.29, 0.717) is 25.3 Å². The minimum atomic E-state index is -0.521. The predicted molar refractivity (Wildman–Crippen MR) is 70.0 cm³/mol. The van der Waals surface area contributed by atoms with Gasteiger partial charge in [0.2, 0.25) is 6.39 Å². The van der Waals surface area contributed by atoms with E-state index < -0.39 is 6.10 Å². The molecule has 0 aliphatic rings. The number of aromatic nitrogens is 2. The smallest absolute Gasteiger partial charge is 0.213 e. The molecule has 0 bridgehead atoms. The van der Waals surface area contributed by atoms with Crippen molar-refractivity contribution >= 4 is 15.9 Å². The molecule has 1 atom stereocenters. The van der Waals surface area contributed by atoms with Crippen molar-refractivity contribution in [1.82, 2.24) is 15.5 Å². The second kappa shape index (κ2) is 6.63. The first-order valence-corrected chi connectivity index (χ1v) is 6.44. The molecule has 2 N–H and O–H groups in total. The lowest BCUT2D eigenvalue weighted by atomic mass is 10.1. The Morgan fingerprint density at radius 3 is 3.06 bits per heavy atom. The van der Waals surface area contributed by atoms with E-state index in [9.17, 15) is 5.11 Å². The van der Waals surface area contributed by atoms with Crippen LogP contribution in [0.5, 0.6) is 0 Å². The van der Waals surface area contributed by atoms with Gasteiger partial charge in [0.15, 0.2) is 5.82 Å². The lowest BCUT2D eigenvalue weighted by Gasteiger charge is -2.12. The third-order valence-electron chi connectivity index (χ3n) is 2.50. The molecule has 1 unspecified atom stereocenters. The topological polar surface area (TPSA) is 71.2 Å². The van der Waals surface area contributed by atoms with Gasteiger partial charge in [-0.3, -0.25) is 0 Å². The van der Waals surface area contributed by atoms with Gasteiger partial charge in [0.1, 0.15) is 0 Å². The first kappa shape index (κ1) is 13.2. The summed E-state index contributed by atoms with van der Waals surface area (Å²) < 4.78 is 5.60. The molecule has 0 spiro atoms. The van der Waals surface area contributed by atoms with Crippen molar-refractivity contribution in [2.75, 3.05) is 13.1 Å². The molecular weight excluding hydrogens is 298 g/mol. The molecule has 0 fully saturated rings. The summed E-state index contributed by atoms with van der Waals surface area (Å²) in [5, 5.41) is 16.8. The molecule has 5 nitrogen and oxygen atoms in total. The molecule has 1 heterocycles. The normalized spacial score (nSPS) is 12.6. The van der Waals surface area contributed by atoms with Crippen LogP contribution in [0.2, 0.25) is 0 Å². The fraction of sp³-hybridized carbons (Fsp3) is 0.333. The summed E-state index contributed by atoms with van der Waals surface area (Å²) in [6.07, 6.45) is 1.47. The summed E-state index contributed by atoms with van der Waals surface area (Å²) in [6, 6.07) is 7.64. The highest BCUT2D eigenvalue weighted by atomic mass is 79.9. The molecule has 0 amide bonds. The number of hydrogen-bond donors (Lipinski definition) is 2. The Hall–Kier alpha value is -1.24. The molecule has 2 rings (SSSR count). The minimum absolute atomic E-state index is 0.494. The van der Waals surface area contributed by atoms with Crippen LogP contribution in [0.25, 0.3) is 0 Å². The van der Waals surface area contributed by atoms with Crippen LogP contribution in [0, 0.1) is 0 Å². The van der Waals surface area contributed by atoms with Gasteiger partial charge in [-0.15, -0.1) is 0 Å². The highest BCUT2D eigenvalue weighted by Gasteiger charge is 2.07. The molecular formula is C12H14BrN3O2. The number of benzene rings is 1. The van der Waals surface area contributed by atoms with Crippen LogP contribution in [-0.2, 0) is 6.42 Å². The molecule has 1 aromatic carbocycles. The Labute approximate surface area is 113 Å². The number of nitrogens with zero attached hydrogens (tertiary/aromatic N) is 2. The summed E-state index contributed by atoms with van der Waals surface area (Å²) in [4.78, 5) is 3.92. The standard InChI is InChI=1S/C12H14BrN3O2/c13-10-3-1-2-9(6-10)11(17)7-14-5-4-12-15-8-18-16-12/h1-3,6,8,11,14,17H,4-5,7H2. The van der Waals surface area contributed by atoms with Crippen molar-refractivity contribution in [2.24, 2.45) is 0 Å². The van der Waals surface area contributed by atoms with E-state index in [1.165, 1.54) is 6.39 Å². The summed E-state index contributed by atoms with van der Waals surface area (Å²) in [6.45, 7) is 1.19. The molecule has 0 saturated heterocycles. The van der Waals surface area contributed by atoms with Crippen molar-refractivity contribution < 1.29 is 9.63 Å². The molecule has 0 saturated carbocycles. The van der Waals surface area contributed by atoms with Crippen molar-refractivity contribution in [3.05, 3.63) is 46.5 Å². The maximum Gasteiger partial charge on any atom is 0.213 e. The number of hydrogen-bond acceptors (Lipinski definition) is 5. The highest BCUT2D eigenvalue weighted by molar-refractivity contribution is 9.10. The minimum Gasteiger partial charge on any atom is -0.387 e. The molecule has 0 aliphatic carbocycles. The lowest BCUT2D eigenvalue weighted by Crippen LogP contribution is -2.24. The van der Waals surface area contributed by atoms with Gasteiger partial charge in [-0.2, -0.15) is 4.98 Å². The second-order valence-electron chi connectivity index (χ2n) is 3.87. The van der Waals surface area contributed by atoms with Gasteiger partial charge in [-0.25, -0.2) is 0 Å². The van der Waals surface area contributed by atoms with Crippen LogP contribution < -0.4 is 5.32 Å². The van der Waals surface area contributed by atoms with Gasteiger partial charge in [-0.05, 0) is 17.7 Å². The van der Waals surface area contributed by atoms with Crippen molar-refractivity contribution in [2.45, 2.75) is 12.5 Å². The number of halogens is 1. The number of rotatable bonds is 6. The highest BCUT2D eigenvalue weighted by Crippen LogP contribution is 2.17. The number of aliphatic hydroxyl groups is 1. The van der Waals surface area contributed by atoms with E-state index in [1.54, 1.807) is 0 Å². The molecule has 0 radical (unpaired) electrons. The molecule has 0 aliphatic heterocycles. The molecule has 18 heavy (non-hydrogen) atoms. The average molecular weight is 312 g/mol. The first-order valence-electron chi connectivity index (χ1n) is 5.65. The molecule has 2 aromatic rings. The Morgan fingerprint density at radius 2 is 2.33 bits per heavy atom. The van der Waals surface area contributed by atoms with Crippen LogP contribution in [0.1, 0.15) is 17.5 Å². The quantitative estimate of drug-likeness (QED) is 0.795. The number of nitrogens with one attached hydrogen (secondary N) is 1. The van der Waals surface area contributed by atoms with Crippen molar-refractivity contribution in [3.63, 3.8) is 0 Å². The largest absolute Gasteiger partial charge is 0.387 e. The SMILES string of the molecule is OC(CNCCc1ncon1)c1cccc(Br)c1. The summed E-state index contributed by atoms with van der Waals surface area (Å²) in [5.41, 5.74) is 0.886. The van der Waals surface area contributed by atoms with Crippen molar-refractivity contribution in [3.8, 4) is 0 Å². The monoisotopic (exact) mass is 311 g/mol. The lowest BCUT2D eigenvalue weighted by molar-refractivity contribution is 0.175. The first-order chi connectivity index (χ1) is 8.75. The summed E-state index contributed by atoms with van der Waals surface area (Å²) in [7, 11) is 0. The van der Waals surface area contributed by atoms with Gasteiger partial charge in [-0.1, -0.05) is 33.2 Å². The fourth-order valence-electron chi connectivity index (χ4n) is 1.57. The van der Waals surface area contributed by atoms with Crippen molar-refractivity contribution in [1.29, 1.82) is 0 Å². The molecule has 96 valence electrons. The third kappa shape index (κ3) is 3.90. The maximum absolute atomic E-state index is 9.97.